The summed E-state index contributed by atoms with van der Waals surface area (Å²) in [6.45, 7) is 0.542. The normalized spacial score (nSPS) is 22.1. The number of aliphatic carboxylic acids is 1. The van der Waals surface area contributed by atoms with Crippen LogP contribution in [0.25, 0.3) is 0 Å². The Hall–Kier alpha value is -1.18. The molecule has 0 aliphatic carbocycles. The Morgan fingerprint density at radius 2 is 2.19 bits per heavy atom. The summed E-state index contributed by atoms with van der Waals surface area (Å²) in [5.74, 6) is -1.69. The summed E-state index contributed by atoms with van der Waals surface area (Å²) < 4.78 is 36.3. The molecule has 0 radical (unpaired) electrons. The largest absolute Gasteiger partial charge is 0.481 e. The number of nitrogens with zero attached hydrogens (tertiary/aromatic N) is 1. The number of rotatable bonds is 4. The summed E-state index contributed by atoms with van der Waals surface area (Å²) >= 11 is 5.96. The second-order valence-corrected chi connectivity index (χ2v) is 7.71. The lowest BCUT2D eigenvalue weighted by Crippen LogP contribution is -2.48. The fourth-order valence-electron chi connectivity index (χ4n) is 2.39. The molecule has 1 atom stereocenters. The molecule has 1 aliphatic heterocycles. The molecule has 1 aromatic carbocycles. The van der Waals surface area contributed by atoms with Crippen LogP contribution in [0.15, 0.2) is 18.2 Å². The van der Waals surface area contributed by atoms with E-state index >= 15 is 0 Å². The summed E-state index contributed by atoms with van der Waals surface area (Å²) in [4.78, 5) is 12.7. The lowest BCUT2D eigenvalue weighted by Gasteiger charge is -2.34. The molecule has 1 saturated heterocycles. The first-order valence-electron chi connectivity index (χ1n) is 6.37. The highest BCUT2D eigenvalue weighted by molar-refractivity contribution is 7.91. The molecule has 1 aromatic rings. The molecule has 1 aliphatic rings. The van der Waals surface area contributed by atoms with Gasteiger partial charge < -0.3 is 5.11 Å². The molecule has 1 unspecified atom stereocenters. The van der Waals surface area contributed by atoms with Gasteiger partial charge in [-0.1, -0.05) is 17.7 Å². The van der Waals surface area contributed by atoms with Crippen molar-refractivity contribution in [1.29, 1.82) is 0 Å². The number of sulfone groups is 1. The van der Waals surface area contributed by atoms with Crippen molar-refractivity contribution in [3.63, 3.8) is 0 Å². The van der Waals surface area contributed by atoms with Gasteiger partial charge in [-0.3, -0.25) is 9.69 Å². The molecule has 0 saturated carbocycles. The monoisotopic (exact) mass is 335 g/mol. The van der Waals surface area contributed by atoms with Crippen LogP contribution in [0.2, 0.25) is 5.02 Å². The predicted octanol–water partition coefficient (Wildman–Crippen LogP) is 1.55. The summed E-state index contributed by atoms with van der Waals surface area (Å²) in [5, 5.41) is 9.16. The summed E-state index contributed by atoms with van der Waals surface area (Å²) in [6.07, 6.45) is -0.252. The van der Waals surface area contributed by atoms with Gasteiger partial charge >= 0.3 is 5.97 Å². The molecular formula is C13H15ClFNO4S. The molecule has 5 nitrogen and oxygen atoms in total. The van der Waals surface area contributed by atoms with E-state index in [1.165, 1.54) is 18.2 Å². The van der Waals surface area contributed by atoms with E-state index < -0.39 is 27.7 Å². The van der Waals surface area contributed by atoms with Gasteiger partial charge in [-0.25, -0.2) is 12.8 Å². The molecule has 0 amide bonds. The molecule has 1 N–H and O–H groups in total. The Morgan fingerprint density at radius 1 is 1.48 bits per heavy atom. The van der Waals surface area contributed by atoms with E-state index in [2.05, 4.69) is 0 Å². The maximum Gasteiger partial charge on any atom is 0.304 e. The van der Waals surface area contributed by atoms with Gasteiger partial charge in [0.2, 0.25) is 0 Å². The quantitative estimate of drug-likeness (QED) is 0.903. The van der Waals surface area contributed by atoms with Crippen molar-refractivity contribution in [2.75, 3.05) is 18.1 Å². The van der Waals surface area contributed by atoms with Crippen molar-refractivity contribution in [2.45, 2.75) is 19.0 Å². The average Bonchev–Trinajstić information content (AvgIpc) is 2.34. The summed E-state index contributed by atoms with van der Waals surface area (Å²) in [5.41, 5.74) is 0.646. The second-order valence-electron chi connectivity index (χ2n) is 5.07. The number of carboxylic acids is 1. The van der Waals surface area contributed by atoms with Crippen molar-refractivity contribution in [3.8, 4) is 0 Å². The van der Waals surface area contributed by atoms with E-state index in [0.29, 0.717) is 12.1 Å². The zero-order chi connectivity index (χ0) is 15.6. The maximum absolute atomic E-state index is 13.0. The maximum atomic E-state index is 13.0. The molecule has 0 spiro atoms. The second kappa shape index (κ2) is 6.29. The third kappa shape index (κ3) is 4.39. The van der Waals surface area contributed by atoms with Gasteiger partial charge in [-0.15, -0.1) is 0 Å². The van der Waals surface area contributed by atoms with Crippen LogP contribution >= 0.6 is 11.6 Å². The van der Waals surface area contributed by atoms with Crippen LogP contribution < -0.4 is 0 Å². The standard InChI is InChI=1S/C13H15ClFNO4S/c14-12-5-10(15)2-1-9(12)7-16-3-4-21(19,20)8-11(16)6-13(17)18/h1-2,5,11H,3-4,6-8H2,(H,17,18). The molecule has 0 bridgehead atoms. The van der Waals surface area contributed by atoms with Crippen molar-refractivity contribution in [3.05, 3.63) is 34.6 Å². The highest BCUT2D eigenvalue weighted by Crippen LogP contribution is 2.23. The number of carbonyl (C=O) groups is 1. The van der Waals surface area contributed by atoms with Crippen LogP contribution in [-0.2, 0) is 21.2 Å². The minimum Gasteiger partial charge on any atom is -0.481 e. The van der Waals surface area contributed by atoms with Gasteiger partial charge in [0.25, 0.3) is 0 Å². The molecule has 8 heteroatoms. The fraction of sp³-hybridized carbons (Fsp3) is 0.462. The van der Waals surface area contributed by atoms with Crippen LogP contribution in [0.5, 0.6) is 0 Å². The number of hydrogen-bond acceptors (Lipinski definition) is 4. The zero-order valence-electron chi connectivity index (χ0n) is 11.1. The van der Waals surface area contributed by atoms with Crippen LogP contribution in [0.4, 0.5) is 4.39 Å². The number of hydrogen-bond donors (Lipinski definition) is 1. The van der Waals surface area contributed by atoms with Crippen LogP contribution in [0.1, 0.15) is 12.0 Å². The average molecular weight is 336 g/mol. The topological polar surface area (TPSA) is 74.7 Å². The number of benzene rings is 1. The lowest BCUT2D eigenvalue weighted by atomic mass is 10.1. The van der Waals surface area contributed by atoms with Gasteiger partial charge in [0.15, 0.2) is 9.84 Å². The van der Waals surface area contributed by atoms with Crippen LogP contribution in [0, 0.1) is 5.82 Å². The first kappa shape index (κ1) is 16.2. The lowest BCUT2D eigenvalue weighted by molar-refractivity contribution is -0.138. The highest BCUT2D eigenvalue weighted by atomic mass is 35.5. The molecular weight excluding hydrogens is 321 g/mol. The Labute approximate surface area is 127 Å². The molecule has 1 heterocycles. The van der Waals surface area contributed by atoms with Gasteiger partial charge in [-0.2, -0.15) is 0 Å². The Kier molecular flexibility index (Phi) is 4.85. The molecule has 0 aromatic heterocycles. The first-order valence-corrected chi connectivity index (χ1v) is 8.57. The van der Waals surface area contributed by atoms with E-state index in [-0.39, 0.29) is 29.5 Å². The van der Waals surface area contributed by atoms with Gasteiger partial charge in [-0.05, 0) is 17.7 Å². The first-order chi connectivity index (χ1) is 9.77. The fourth-order valence-corrected chi connectivity index (χ4v) is 4.21. The van der Waals surface area contributed by atoms with Gasteiger partial charge in [0.05, 0.1) is 17.9 Å². The number of halogens is 2. The third-order valence-corrected chi connectivity index (χ3v) is 5.50. The Balaban J connectivity index is 2.18. The van der Waals surface area contributed by atoms with Crippen LogP contribution in [-0.4, -0.2) is 48.5 Å². The Bertz CT molecular complexity index is 650. The third-order valence-electron chi connectivity index (χ3n) is 3.45. The van der Waals surface area contributed by atoms with Crippen LogP contribution in [0.3, 0.4) is 0 Å². The zero-order valence-corrected chi connectivity index (χ0v) is 12.7. The van der Waals surface area contributed by atoms with Crippen molar-refractivity contribution in [1.82, 2.24) is 4.90 Å². The minimum atomic E-state index is -3.22. The van der Waals surface area contributed by atoms with E-state index in [0.717, 1.165) is 0 Å². The molecule has 116 valence electrons. The number of carboxylic acid groups (broad SMARTS) is 1. The molecule has 1 fully saturated rings. The Morgan fingerprint density at radius 3 is 2.81 bits per heavy atom. The SMILES string of the molecule is O=C(O)CC1CS(=O)(=O)CCN1Cc1ccc(F)cc1Cl. The van der Waals surface area contributed by atoms with Crippen molar-refractivity contribution in [2.24, 2.45) is 0 Å². The molecule has 21 heavy (non-hydrogen) atoms. The van der Waals surface area contributed by atoms with E-state index in [1.807, 2.05) is 0 Å². The molecule has 2 rings (SSSR count). The predicted molar refractivity (Wildman–Crippen MR) is 76.5 cm³/mol. The van der Waals surface area contributed by atoms with E-state index in [1.54, 1.807) is 4.90 Å². The smallest absolute Gasteiger partial charge is 0.304 e. The minimum absolute atomic E-state index is 0.0120. The highest BCUT2D eigenvalue weighted by Gasteiger charge is 2.32. The van der Waals surface area contributed by atoms with E-state index in [4.69, 9.17) is 16.7 Å². The van der Waals surface area contributed by atoms with Gasteiger partial charge in [0.1, 0.15) is 5.82 Å². The summed E-state index contributed by atoms with van der Waals surface area (Å²) in [6, 6.07) is 3.39. The van der Waals surface area contributed by atoms with Gasteiger partial charge in [0, 0.05) is 24.2 Å². The van der Waals surface area contributed by atoms with Crippen molar-refractivity contribution < 1.29 is 22.7 Å². The van der Waals surface area contributed by atoms with Crippen molar-refractivity contribution >= 4 is 27.4 Å². The van der Waals surface area contributed by atoms with E-state index in [9.17, 15) is 17.6 Å². The summed E-state index contributed by atoms with van der Waals surface area (Å²) in [7, 11) is -3.22.